The maximum atomic E-state index is 11.2. The minimum Gasteiger partial charge on any atom is -0.466 e. The third kappa shape index (κ3) is 1.53. The van der Waals surface area contributed by atoms with Crippen LogP contribution in [0.25, 0.3) is 6.08 Å². The second kappa shape index (κ2) is 3.46. The maximum Gasteiger partial charge on any atom is 0.334 e. The van der Waals surface area contributed by atoms with Gasteiger partial charge in [-0.15, -0.1) is 0 Å². The Kier molecular flexibility index (Phi) is 2.30. The molecule has 0 spiro atoms. The van der Waals surface area contributed by atoms with Crippen LogP contribution in [0.1, 0.15) is 11.1 Å². The van der Waals surface area contributed by atoms with Crippen molar-refractivity contribution in [2.75, 3.05) is 7.11 Å². The lowest BCUT2D eigenvalue weighted by molar-refractivity contribution is -0.136. The van der Waals surface area contributed by atoms with Gasteiger partial charge >= 0.3 is 5.97 Å². The molecule has 1 aliphatic rings. The van der Waals surface area contributed by atoms with Gasteiger partial charge in [0, 0.05) is 17.0 Å². The number of hydrogen-bond acceptors (Lipinski definition) is 2. The molecule has 0 N–H and O–H groups in total. The van der Waals surface area contributed by atoms with Crippen molar-refractivity contribution in [3.8, 4) is 0 Å². The topological polar surface area (TPSA) is 26.3 Å². The first-order valence-corrected chi connectivity index (χ1v) is 4.66. The normalized spacial score (nSPS) is 13.4. The zero-order chi connectivity index (χ0) is 10.1. The van der Waals surface area contributed by atoms with Crippen molar-refractivity contribution in [2.24, 2.45) is 0 Å². The highest BCUT2D eigenvalue weighted by Crippen LogP contribution is 2.27. The number of fused-ring (bicyclic) bond motifs is 1. The molecule has 0 amide bonds. The van der Waals surface area contributed by atoms with Crippen LogP contribution in [0.15, 0.2) is 23.8 Å². The van der Waals surface area contributed by atoms with Crippen LogP contribution in [0.2, 0.25) is 5.02 Å². The second-order valence-corrected chi connectivity index (χ2v) is 3.62. The molecule has 2 rings (SSSR count). The summed E-state index contributed by atoms with van der Waals surface area (Å²) in [5, 5.41) is 0.686. The number of carbonyl (C=O) groups is 1. The predicted octanol–water partition coefficient (Wildman–Crippen LogP) is 2.45. The SMILES string of the molecule is COC(=O)C1=Cc2cc(Cl)ccc2C1. The van der Waals surface area contributed by atoms with Gasteiger partial charge in [-0.1, -0.05) is 17.7 Å². The van der Waals surface area contributed by atoms with Crippen molar-refractivity contribution in [3.05, 3.63) is 39.9 Å². The van der Waals surface area contributed by atoms with Gasteiger partial charge in [0.05, 0.1) is 7.11 Å². The van der Waals surface area contributed by atoms with E-state index in [1.165, 1.54) is 7.11 Å². The molecular weight excluding hydrogens is 200 g/mol. The molecule has 3 heteroatoms. The summed E-state index contributed by atoms with van der Waals surface area (Å²) in [6.45, 7) is 0. The van der Waals surface area contributed by atoms with E-state index in [1.807, 2.05) is 24.3 Å². The molecule has 0 heterocycles. The molecule has 14 heavy (non-hydrogen) atoms. The van der Waals surface area contributed by atoms with Gasteiger partial charge in [-0.2, -0.15) is 0 Å². The smallest absolute Gasteiger partial charge is 0.334 e. The summed E-state index contributed by atoms with van der Waals surface area (Å²) in [6.07, 6.45) is 2.46. The van der Waals surface area contributed by atoms with E-state index >= 15 is 0 Å². The first-order valence-electron chi connectivity index (χ1n) is 4.28. The Labute approximate surface area is 87.1 Å². The summed E-state index contributed by atoms with van der Waals surface area (Å²) >= 11 is 5.84. The third-order valence-electron chi connectivity index (χ3n) is 2.27. The van der Waals surface area contributed by atoms with Gasteiger partial charge in [0.1, 0.15) is 0 Å². The molecule has 0 aromatic heterocycles. The van der Waals surface area contributed by atoms with Crippen LogP contribution < -0.4 is 0 Å². The Morgan fingerprint density at radius 2 is 2.29 bits per heavy atom. The van der Waals surface area contributed by atoms with Gasteiger partial charge in [-0.3, -0.25) is 0 Å². The standard InChI is InChI=1S/C11H9ClO2/c1-14-11(13)9-4-7-2-3-10(12)6-8(7)5-9/h2-3,5-6H,4H2,1H3. The Morgan fingerprint density at radius 3 is 3.00 bits per heavy atom. The van der Waals surface area contributed by atoms with Gasteiger partial charge in [0.2, 0.25) is 0 Å². The van der Waals surface area contributed by atoms with Crippen molar-refractivity contribution in [1.29, 1.82) is 0 Å². The predicted molar refractivity (Wildman–Crippen MR) is 55.1 cm³/mol. The number of methoxy groups -OCH3 is 1. The lowest BCUT2D eigenvalue weighted by Gasteiger charge is -1.98. The Morgan fingerprint density at radius 1 is 1.50 bits per heavy atom. The molecule has 0 aliphatic heterocycles. The Bertz CT molecular complexity index is 421. The van der Waals surface area contributed by atoms with Crippen LogP contribution in [0.5, 0.6) is 0 Å². The fourth-order valence-electron chi connectivity index (χ4n) is 1.57. The van der Waals surface area contributed by atoms with Gasteiger partial charge in [-0.05, 0) is 29.3 Å². The molecule has 0 radical (unpaired) electrons. The maximum absolute atomic E-state index is 11.2. The zero-order valence-electron chi connectivity index (χ0n) is 7.71. The van der Waals surface area contributed by atoms with E-state index < -0.39 is 0 Å². The molecule has 2 nitrogen and oxygen atoms in total. The van der Waals surface area contributed by atoms with Gasteiger partial charge in [0.15, 0.2) is 0 Å². The van der Waals surface area contributed by atoms with Gasteiger partial charge in [0.25, 0.3) is 0 Å². The lowest BCUT2D eigenvalue weighted by Crippen LogP contribution is -2.03. The number of carbonyl (C=O) groups excluding carboxylic acids is 1. The molecule has 0 unspecified atom stereocenters. The van der Waals surface area contributed by atoms with Crippen molar-refractivity contribution < 1.29 is 9.53 Å². The highest BCUT2D eigenvalue weighted by atomic mass is 35.5. The van der Waals surface area contributed by atoms with E-state index in [0.29, 0.717) is 17.0 Å². The molecule has 0 saturated heterocycles. The lowest BCUT2D eigenvalue weighted by atomic mass is 10.1. The van der Waals surface area contributed by atoms with Crippen LogP contribution in [-0.4, -0.2) is 13.1 Å². The molecule has 1 aromatic carbocycles. The van der Waals surface area contributed by atoms with Crippen molar-refractivity contribution >= 4 is 23.6 Å². The Hall–Kier alpha value is -1.28. The highest BCUT2D eigenvalue weighted by Gasteiger charge is 2.18. The number of benzene rings is 1. The van der Waals surface area contributed by atoms with E-state index in [9.17, 15) is 4.79 Å². The van der Waals surface area contributed by atoms with E-state index in [4.69, 9.17) is 11.6 Å². The fourth-order valence-corrected chi connectivity index (χ4v) is 1.75. The van der Waals surface area contributed by atoms with Crippen LogP contribution in [0.3, 0.4) is 0 Å². The summed E-state index contributed by atoms with van der Waals surface area (Å²) in [5.74, 6) is -0.266. The summed E-state index contributed by atoms with van der Waals surface area (Å²) in [7, 11) is 1.39. The number of rotatable bonds is 1. The molecule has 0 bridgehead atoms. The van der Waals surface area contributed by atoms with Crippen molar-refractivity contribution in [1.82, 2.24) is 0 Å². The van der Waals surface area contributed by atoms with E-state index in [2.05, 4.69) is 4.74 Å². The molecule has 72 valence electrons. The molecule has 0 atom stereocenters. The average Bonchev–Trinajstić information content (AvgIpc) is 2.59. The van der Waals surface area contributed by atoms with Crippen LogP contribution in [0.4, 0.5) is 0 Å². The number of esters is 1. The number of hydrogen-bond donors (Lipinski definition) is 0. The van der Waals surface area contributed by atoms with E-state index in [1.54, 1.807) is 0 Å². The molecule has 1 aliphatic carbocycles. The molecule has 1 aromatic rings. The van der Waals surface area contributed by atoms with Crippen LogP contribution in [0, 0.1) is 0 Å². The van der Waals surface area contributed by atoms with Crippen LogP contribution in [-0.2, 0) is 16.0 Å². The molecule has 0 fully saturated rings. The third-order valence-corrected chi connectivity index (χ3v) is 2.50. The molecular formula is C11H9ClO2. The molecule has 0 saturated carbocycles. The average molecular weight is 209 g/mol. The number of halogens is 1. The highest BCUT2D eigenvalue weighted by molar-refractivity contribution is 6.30. The first-order chi connectivity index (χ1) is 6.70. The zero-order valence-corrected chi connectivity index (χ0v) is 8.47. The number of ether oxygens (including phenoxy) is 1. The van der Waals surface area contributed by atoms with Crippen LogP contribution >= 0.6 is 11.6 Å². The van der Waals surface area contributed by atoms with Gasteiger partial charge < -0.3 is 4.74 Å². The Balaban J connectivity index is 2.34. The summed E-state index contributed by atoms with van der Waals surface area (Å²) in [6, 6.07) is 5.62. The fraction of sp³-hybridized carbons (Fsp3) is 0.182. The van der Waals surface area contributed by atoms with E-state index in [0.717, 1.165) is 11.1 Å². The second-order valence-electron chi connectivity index (χ2n) is 3.18. The summed E-state index contributed by atoms with van der Waals surface area (Å²) in [4.78, 5) is 11.2. The largest absolute Gasteiger partial charge is 0.466 e. The van der Waals surface area contributed by atoms with Crippen molar-refractivity contribution in [3.63, 3.8) is 0 Å². The summed E-state index contributed by atoms with van der Waals surface area (Å²) in [5.41, 5.74) is 2.82. The first kappa shape index (κ1) is 9.28. The van der Waals surface area contributed by atoms with Gasteiger partial charge in [-0.25, -0.2) is 4.79 Å². The minimum absolute atomic E-state index is 0.266. The van der Waals surface area contributed by atoms with Crippen molar-refractivity contribution in [2.45, 2.75) is 6.42 Å². The summed E-state index contributed by atoms with van der Waals surface area (Å²) < 4.78 is 4.66. The minimum atomic E-state index is -0.266. The quantitative estimate of drug-likeness (QED) is 0.663. The monoisotopic (exact) mass is 208 g/mol. The van der Waals surface area contributed by atoms with E-state index in [-0.39, 0.29) is 5.97 Å².